The molecule has 0 aliphatic carbocycles. The monoisotopic (exact) mass is 293 g/mol. The van der Waals surface area contributed by atoms with Crippen molar-refractivity contribution < 1.29 is 14.6 Å². The van der Waals surface area contributed by atoms with Crippen molar-refractivity contribution >= 4 is 29.1 Å². The first-order valence-electron chi connectivity index (χ1n) is 6.01. The maximum absolute atomic E-state index is 12.3. The number of nitrogens with zero attached hydrogens (tertiary/aromatic N) is 1. The smallest absolute Gasteiger partial charge is 0.262 e. The first kappa shape index (κ1) is 14.4. The van der Waals surface area contributed by atoms with Gasteiger partial charge >= 0.3 is 0 Å². The molecule has 2 rings (SSSR count). The van der Waals surface area contributed by atoms with Crippen LogP contribution in [-0.4, -0.2) is 29.2 Å². The van der Waals surface area contributed by atoms with Crippen molar-refractivity contribution in [2.45, 2.75) is 13.0 Å². The Morgan fingerprint density at radius 3 is 2.90 bits per heavy atom. The molecule has 0 unspecified atom stereocenters. The molecule has 0 aliphatic rings. The van der Waals surface area contributed by atoms with E-state index in [1.165, 1.54) is 22.8 Å². The number of rotatable bonds is 5. The molecule has 0 aliphatic heterocycles. The highest BCUT2D eigenvalue weighted by molar-refractivity contribution is 7.71. The second-order valence-electron chi connectivity index (χ2n) is 4.28. The molecule has 2 aromatic rings. The number of carbonyl (C=O) groups is 1. The van der Waals surface area contributed by atoms with Gasteiger partial charge in [-0.3, -0.25) is 9.36 Å². The number of carbonyl (C=O) groups excluding carboxylic acids is 1. The molecule has 0 amide bonds. The molecule has 1 heterocycles. The molecule has 0 saturated carbocycles. The summed E-state index contributed by atoms with van der Waals surface area (Å²) in [5, 5.41) is 11.2. The largest absolute Gasteiger partial charge is 0.545 e. The van der Waals surface area contributed by atoms with E-state index in [0.717, 1.165) is 0 Å². The quantitative estimate of drug-likeness (QED) is 0.639. The number of hydrogen-bond donors (Lipinski definition) is 1. The standard InChI is InChI=1S/C13H14N2O4S/c1-19-6-2-5-15-11(16)9-4-3-8(12(17)18)7-10(9)14-13(15)20/h3-4,7H,2,5-6H2,1H3,(H,14,20)(H,17,18)/p-1. The van der Waals surface area contributed by atoms with E-state index in [4.69, 9.17) is 17.0 Å². The number of aromatic nitrogens is 2. The second-order valence-corrected chi connectivity index (χ2v) is 4.67. The number of nitrogens with one attached hydrogen (secondary N) is 1. The van der Waals surface area contributed by atoms with Crippen molar-refractivity contribution in [3.05, 3.63) is 38.9 Å². The maximum atomic E-state index is 12.3. The van der Waals surface area contributed by atoms with E-state index in [2.05, 4.69) is 4.98 Å². The van der Waals surface area contributed by atoms with Crippen LogP contribution in [-0.2, 0) is 11.3 Å². The zero-order valence-electron chi connectivity index (χ0n) is 10.8. The van der Waals surface area contributed by atoms with E-state index in [1.807, 2.05) is 0 Å². The van der Waals surface area contributed by atoms with Crippen LogP contribution < -0.4 is 10.7 Å². The number of ether oxygens (including phenoxy) is 1. The van der Waals surface area contributed by atoms with Gasteiger partial charge in [-0.1, -0.05) is 6.07 Å². The zero-order chi connectivity index (χ0) is 14.7. The molecular weight excluding hydrogens is 280 g/mol. The van der Waals surface area contributed by atoms with Crippen LogP contribution in [0.1, 0.15) is 16.8 Å². The highest BCUT2D eigenvalue weighted by atomic mass is 32.1. The Balaban J connectivity index is 2.53. The van der Waals surface area contributed by atoms with Crippen molar-refractivity contribution in [1.82, 2.24) is 9.55 Å². The van der Waals surface area contributed by atoms with Gasteiger partial charge in [0.25, 0.3) is 5.56 Å². The summed E-state index contributed by atoms with van der Waals surface area (Å²) in [7, 11) is 1.59. The number of H-pyrrole nitrogens is 1. The van der Waals surface area contributed by atoms with Crippen LogP contribution in [0.4, 0.5) is 0 Å². The first-order valence-corrected chi connectivity index (χ1v) is 6.42. The molecule has 6 nitrogen and oxygen atoms in total. The van der Waals surface area contributed by atoms with Crippen LogP contribution in [0.3, 0.4) is 0 Å². The number of aromatic amines is 1. The van der Waals surface area contributed by atoms with Crippen molar-refractivity contribution in [3.63, 3.8) is 0 Å². The van der Waals surface area contributed by atoms with Crippen LogP contribution >= 0.6 is 12.2 Å². The fraction of sp³-hybridized carbons (Fsp3) is 0.308. The molecule has 0 radical (unpaired) electrons. The lowest BCUT2D eigenvalue weighted by molar-refractivity contribution is -0.255. The minimum absolute atomic E-state index is 0.000294. The van der Waals surface area contributed by atoms with Gasteiger partial charge in [-0.15, -0.1) is 0 Å². The number of benzene rings is 1. The van der Waals surface area contributed by atoms with E-state index in [9.17, 15) is 14.7 Å². The van der Waals surface area contributed by atoms with Gasteiger partial charge < -0.3 is 19.6 Å². The van der Waals surface area contributed by atoms with Gasteiger partial charge in [0, 0.05) is 20.3 Å². The van der Waals surface area contributed by atoms with Crippen LogP contribution in [0, 0.1) is 4.77 Å². The predicted octanol–water partition coefficient (Wildman–Crippen LogP) is 0.459. The van der Waals surface area contributed by atoms with Gasteiger partial charge in [-0.05, 0) is 36.3 Å². The zero-order valence-corrected chi connectivity index (χ0v) is 11.7. The predicted molar refractivity (Wildman–Crippen MR) is 74.2 cm³/mol. The van der Waals surface area contributed by atoms with Gasteiger partial charge in [0.1, 0.15) is 0 Å². The van der Waals surface area contributed by atoms with Crippen LogP contribution in [0.15, 0.2) is 23.0 Å². The molecule has 0 saturated heterocycles. The molecule has 7 heteroatoms. The van der Waals surface area contributed by atoms with Crippen LogP contribution in [0.2, 0.25) is 0 Å². The Morgan fingerprint density at radius 1 is 1.50 bits per heavy atom. The van der Waals surface area contributed by atoms with Crippen molar-refractivity contribution in [2.24, 2.45) is 0 Å². The van der Waals surface area contributed by atoms with E-state index in [0.29, 0.717) is 30.5 Å². The molecule has 0 bridgehead atoms. The summed E-state index contributed by atoms with van der Waals surface area (Å²) in [5.74, 6) is -1.30. The minimum atomic E-state index is -1.30. The van der Waals surface area contributed by atoms with Gasteiger partial charge in [-0.25, -0.2) is 0 Å². The number of carboxylic acids is 1. The molecule has 1 aromatic heterocycles. The topological polar surface area (TPSA) is 87.2 Å². The number of methoxy groups -OCH3 is 1. The highest BCUT2D eigenvalue weighted by Gasteiger charge is 2.06. The van der Waals surface area contributed by atoms with E-state index in [1.54, 1.807) is 7.11 Å². The van der Waals surface area contributed by atoms with Crippen LogP contribution in [0.5, 0.6) is 0 Å². The molecule has 1 aromatic carbocycles. The molecule has 0 spiro atoms. The van der Waals surface area contributed by atoms with Gasteiger partial charge in [0.05, 0.1) is 16.9 Å². The van der Waals surface area contributed by atoms with Gasteiger partial charge in [0.2, 0.25) is 0 Å². The lowest BCUT2D eigenvalue weighted by Crippen LogP contribution is -2.24. The molecule has 106 valence electrons. The summed E-state index contributed by atoms with van der Waals surface area (Å²) in [5.41, 5.74) is 0.147. The number of fused-ring (bicyclic) bond motifs is 1. The molecule has 0 fully saturated rings. The SMILES string of the molecule is COCCCn1c(=S)[nH]c2cc(C(=O)[O-])ccc2c1=O. The van der Waals surface area contributed by atoms with Crippen molar-refractivity contribution in [2.75, 3.05) is 13.7 Å². The summed E-state index contributed by atoms with van der Waals surface area (Å²) in [4.78, 5) is 26.0. The van der Waals surface area contributed by atoms with Crippen LogP contribution in [0.25, 0.3) is 10.9 Å². The summed E-state index contributed by atoms with van der Waals surface area (Å²) in [6.07, 6.45) is 0.663. The lowest BCUT2D eigenvalue weighted by Gasteiger charge is -2.09. The van der Waals surface area contributed by atoms with Crippen molar-refractivity contribution in [1.29, 1.82) is 0 Å². The Morgan fingerprint density at radius 2 is 2.25 bits per heavy atom. The van der Waals surface area contributed by atoms with Crippen molar-refractivity contribution in [3.8, 4) is 0 Å². The van der Waals surface area contributed by atoms with E-state index in [-0.39, 0.29) is 15.9 Å². The fourth-order valence-electron chi connectivity index (χ4n) is 1.95. The Labute approximate surface area is 119 Å². The Kier molecular flexibility index (Phi) is 4.31. The third-order valence-electron chi connectivity index (χ3n) is 2.95. The number of carboxylic acid groups (broad SMARTS) is 1. The summed E-state index contributed by atoms with van der Waals surface area (Å²) < 4.78 is 6.64. The molecule has 1 N–H and O–H groups in total. The van der Waals surface area contributed by atoms with Gasteiger partial charge in [0.15, 0.2) is 4.77 Å². The number of aromatic carboxylic acids is 1. The Hall–Kier alpha value is -1.99. The van der Waals surface area contributed by atoms with E-state index < -0.39 is 5.97 Å². The normalized spacial score (nSPS) is 10.8. The maximum Gasteiger partial charge on any atom is 0.262 e. The highest BCUT2D eigenvalue weighted by Crippen LogP contribution is 2.10. The number of hydrogen-bond acceptors (Lipinski definition) is 5. The average molecular weight is 293 g/mol. The summed E-state index contributed by atoms with van der Waals surface area (Å²) >= 11 is 5.13. The Bertz CT molecular complexity index is 763. The van der Waals surface area contributed by atoms with E-state index >= 15 is 0 Å². The van der Waals surface area contributed by atoms with Gasteiger partial charge in [-0.2, -0.15) is 0 Å². The molecular formula is C13H13N2O4S-. The fourth-order valence-corrected chi connectivity index (χ4v) is 2.24. The third kappa shape index (κ3) is 2.78. The lowest BCUT2D eigenvalue weighted by atomic mass is 10.1. The second kappa shape index (κ2) is 5.98. The molecule has 20 heavy (non-hydrogen) atoms. The molecule has 0 atom stereocenters. The summed E-state index contributed by atoms with van der Waals surface area (Å²) in [6, 6.07) is 4.15. The summed E-state index contributed by atoms with van der Waals surface area (Å²) in [6.45, 7) is 0.975. The average Bonchev–Trinajstić information content (AvgIpc) is 2.41. The minimum Gasteiger partial charge on any atom is -0.545 e. The third-order valence-corrected chi connectivity index (χ3v) is 3.27. The first-order chi connectivity index (χ1) is 9.54.